The molecule has 1 atom stereocenters. The molecule has 1 heterocycles. The van der Waals surface area contributed by atoms with Crippen LogP contribution in [-0.2, 0) is 6.54 Å². The minimum Gasteiger partial charge on any atom is -0.398 e. The highest BCUT2D eigenvalue weighted by atomic mass is 16.6. The topological polar surface area (TPSA) is 92.6 Å². The predicted octanol–water partition coefficient (Wildman–Crippen LogP) is 1.13. The monoisotopic (exact) mass is 251 g/mol. The third-order valence-corrected chi connectivity index (χ3v) is 3.42. The maximum atomic E-state index is 10.7. The Morgan fingerprint density at radius 2 is 2.33 bits per heavy atom. The van der Waals surface area contributed by atoms with Gasteiger partial charge in [-0.15, -0.1) is 0 Å². The van der Waals surface area contributed by atoms with Crippen LogP contribution in [0.4, 0.5) is 11.4 Å². The maximum absolute atomic E-state index is 10.7. The molecule has 0 aliphatic carbocycles. The molecule has 1 saturated heterocycles. The number of nitro benzene ring substituents is 1. The molecule has 0 bridgehead atoms. The zero-order valence-electron chi connectivity index (χ0n) is 10.1. The van der Waals surface area contributed by atoms with Crippen LogP contribution in [0.5, 0.6) is 0 Å². The number of nitrogens with two attached hydrogens (primary N) is 1. The van der Waals surface area contributed by atoms with Crippen molar-refractivity contribution in [3.05, 3.63) is 33.9 Å². The quantitative estimate of drug-likeness (QED) is 0.475. The van der Waals surface area contributed by atoms with Gasteiger partial charge in [-0.05, 0) is 31.0 Å². The molecule has 3 N–H and O–H groups in total. The van der Waals surface area contributed by atoms with E-state index in [0.717, 1.165) is 24.9 Å². The molecule has 1 unspecified atom stereocenters. The van der Waals surface area contributed by atoms with Crippen molar-refractivity contribution in [1.82, 2.24) is 4.90 Å². The van der Waals surface area contributed by atoms with Gasteiger partial charge in [0.2, 0.25) is 0 Å². The van der Waals surface area contributed by atoms with Crippen molar-refractivity contribution >= 4 is 11.4 Å². The van der Waals surface area contributed by atoms with Gasteiger partial charge in [0.05, 0.1) is 11.5 Å². The largest absolute Gasteiger partial charge is 0.398 e. The summed E-state index contributed by atoms with van der Waals surface area (Å²) >= 11 is 0. The molecule has 0 amide bonds. The summed E-state index contributed by atoms with van der Waals surface area (Å²) in [6.07, 6.45) is 2.01. The number of benzene rings is 1. The van der Waals surface area contributed by atoms with E-state index in [0.29, 0.717) is 12.2 Å². The lowest BCUT2D eigenvalue weighted by atomic mass is 10.1. The van der Waals surface area contributed by atoms with Crippen LogP contribution in [0.15, 0.2) is 18.2 Å². The standard InChI is InChI=1S/C12H17N3O3/c13-12-4-3-10(15(17)18)6-9(12)7-14-5-1-2-11(14)8-16/h3-4,6,11,16H,1-2,5,7-8,13H2. The van der Waals surface area contributed by atoms with E-state index in [9.17, 15) is 15.2 Å². The second kappa shape index (κ2) is 5.32. The van der Waals surface area contributed by atoms with Crippen molar-refractivity contribution in [3.8, 4) is 0 Å². The highest BCUT2D eigenvalue weighted by molar-refractivity contribution is 5.52. The molecule has 18 heavy (non-hydrogen) atoms. The molecular weight excluding hydrogens is 234 g/mol. The Kier molecular flexibility index (Phi) is 3.78. The normalized spacial score (nSPS) is 20.2. The lowest BCUT2D eigenvalue weighted by Crippen LogP contribution is -2.31. The van der Waals surface area contributed by atoms with E-state index in [1.54, 1.807) is 6.07 Å². The Hall–Kier alpha value is -1.66. The molecular formula is C12H17N3O3. The number of non-ortho nitro benzene ring substituents is 1. The van der Waals surface area contributed by atoms with Crippen LogP contribution in [0.1, 0.15) is 18.4 Å². The Morgan fingerprint density at radius 3 is 3.00 bits per heavy atom. The highest BCUT2D eigenvalue weighted by Crippen LogP contribution is 2.25. The smallest absolute Gasteiger partial charge is 0.269 e. The Labute approximate surface area is 105 Å². The number of hydrogen-bond donors (Lipinski definition) is 2. The van der Waals surface area contributed by atoms with Gasteiger partial charge in [0.25, 0.3) is 5.69 Å². The van der Waals surface area contributed by atoms with Crippen LogP contribution in [0.25, 0.3) is 0 Å². The van der Waals surface area contributed by atoms with E-state index in [1.165, 1.54) is 12.1 Å². The number of aliphatic hydroxyl groups is 1. The zero-order chi connectivity index (χ0) is 13.1. The Bertz CT molecular complexity index is 450. The molecule has 2 rings (SSSR count). The number of nitrogen functional groups attached to an aromatic ring is 1. The summed E-state index contributed by atoms with van der Waals surface area (Å²) in [6.45, 7) is 1.57. The van der Waals surface area contributed by atoms with E-state index in [-0.39, 0.29) is 18.3 Å². The maximum Gasteiger partial charge on any atom is 0.269 e. The number of likely N-dealkylation sites (tertiary alicyclic amines) is 1. The lowest BCUT2D eigenvalue weighted by molar-refractivity contribution is -0.384. The van der Waals surface area contributed by atoms with Gasteiger partial charge in [-0.1, -0.05) is 0 Å². The zero-order valence-corrected chi connectivity index (χ0v) is 10.1. The molecule has 0 radical (unpaired) electrons. The first-order valence-electron chi connectivity index (χ1n) is 5.99. The van der Waals surface area contributed by atoms with Crippen LogP contribution in [0.3, 0.4) is 0 Å². The highest BCUT2D eigenvalue weighted by Gasteiger charge is 2.24. The fourth-order valence-corrected chi connectivity index (χ4v) is 2.37. The van der Waals surface area contributed by atoms with Crippen molar-refractivity contribution in [2.75, 3.05) is 18.9 Å². The molecule has 6 heteroatoms. The fraction of sp³-hybridized carbons (Fsp3) is 0.500. The molecule has 6 nitrogen and oxygen atoms in total. The minimum atomic E-state index is -0.420. The first kappa shape index (κ1) is 12.8. The number of nitro groups is 1. The number of hydrogen-bond acceptors (Lipinski definition) is 5. The number of rotatable bonds is 4. The summed E-state index contributed by atoms with van der Waals surface area (Å²) in [7, 11) is 0. The van der Waals surface area contributed by atoms with E-state index in [1.807, 2.05) is 0 Å². The van der Waals surface area contributed by atoms with Gasteiger partial charge in [-0.25, -0.2) is 0 Å². The van der Waals surface area contributed by atoms with Crippen molar-refractivity contribution in [2.24, 2.45) is 0 Å². The van der Waals surface area contributed by atoms with Crippen LogP contribution in [0, 0.1) is 10.1 Å². The van der Waals surface area contributed by atoms with Gasteiger partial charge in [0.15, 0.2) is 0 Å². The third kappa shape index (κ3) is 2.60. The fourth-order valence-electron chi connectivity index (χ4n) is 2.37. The first-order chi connectivity index (χ1) is 8.61. The molecule has 1 aromatic rings. The van der Waals surface area contributed by atoms with E-state index in [4.69, 9.17) is 5.73 Å². The summed E-state index contributed by atoms with van der Waals surface area (Å²) in [5.74, 6) is 0. The van der Waals surface area contributed by atoms with Crippen molar-refractivity contribution < 1.29 is 10.0 Å². The Morgan fingerprint density at radius 1 is 1.56 bits per heavy atom. The summed E-state index contributed by atoms with van der Waals surface area (Å²) < 4.78 is 0. The minimum absolute atomic E-state index is 0.0546. The number of nitrogens with zero attached hydrogens (tertiary/aromatic N) is 2. The van der Waals surface area contributed by atoms with Crippen LogP contribution < -0.4 is 5.73 Å². The molecule has 0 saturated carbocycles. The average Bonchev–Trinajstić information content (AvgIpc) is 2.79. The summed E-state index contributed by atoms with van der Waals surface area (Å²) in [6, 6.07) is 4.63. The van der Waals surface area contributed by atoms with Gasteiger partial charge in [-0.3, -0.25) is 15.0 Å². The summed E-state index contributed by atoms with van der Waals surface area (Å²) in [5.41, 5.74) is 7.21. The van der Waals surface area contributed by atoms with Crippen molar-refractivity contribution in [3.63, 3.8) is 0 Å². The number of aliphatic hydroxyl groups excluding tert-OH is 1. The van der Waals surface area contributed by atoms with E-state index < -0.39 is 4.92 Å². The van der Waals surface area contributed by atoms with Gasteiger partial charge < -0.3 is 10.8 Å². The van der Waals surface area contributed by atoms with E-state index in [2.05, 4.69) is 4.90 Å². The SMILES string of the molecule is Nc1ccc([N+](=O)[O-])cc1CN1CCCC1CO. The van der Waals surface area contributed by atoms with Crippen LogP contribution >= 0.6 is 0 Å². The second-order valence-electron chi connectivity index (χ2n) is 4.59. The lowest BCUT2D eigenvalue weighted by Gasteiger charge is -2.23. The molecule has 98 valence electrons. The third-order valence-electron chi connectivity index (χ3n) is 3.42. The van der Waals surface area contributed by atoms with Crippen LogP contribution in [-0.4, -0.2) is 34.1 Å². The number of anilines is 1. The predicted molar refractivity (Wildman–Crippen MR) is 68.0 cm³/mol. The molecule has 1 aromatic carbocycles. The van der Waals surface area contributed by atoms with Crippen molar-refractivity contribution in [1.29, 1.82) is 0 Å². The van der Waals surface area contributed by atoms with Crippen LogP contribution in [0.2, 0.25) is 0 Å². The van der Waals surface area contributed by atoms with Gasteiger partial charge >= 0.3 is 0 Å². The molecule has 1 aliphatic rings. The summed E-state index contributed by atoms with van der Waals surface area (Å²) in [4.78, 5) is 12.4. The summed E-state index contributed by atoms with van der Waals surface area (Å²) in [5, 5.41) is 20.0. The molecule has 1 fully saturated rings. The second-order valence-corrected chi connectivity index (χ2v) is 4.59. The van der Waals surface area contributed by atoms with Crippen molar-refractivity contribution in [2.45, 2.75) is 25.4 Å². The van der Waals surface area contributed by atoms with E-state index >= 15 is 0 Å². The van der Waals surface area contributed by atoms with Gasteiger partial charge in [0, 0.05) is 30.4 Å². The Balaban J connectivity index is 2.17. The molecule has 1 aliphatic heterocycles. The average molecular weight is 251 g/mol. The molecule has 0 aromatic heterocycles. The van der Waals surface area contributed by atoms with Gasteiger partial charge in [0.1, 0.15) is 0 Å². The first-order valence-corrected chi connectivity index (χ1v) is 5.99. The van der Waals surface area contributed by atoms with Gasteiger partial charge in [-0.2, -0.15) is 0 Å². The molecule has 0 spiro atoms.